The molecule has 30 heavy (non-hydrogen) atoms. The Morgan fingerprint density at radius 2 is 1.70 bits per heavy atom. The van der Waals surface area contributed by atoms with E-state index in [1.54, 1.807) is 0 Å². The van der Waals surface area contributed by atoms with E-state index in [9.17, 15) is 33.3 Å². The maximum Gasteiger partial charge on any atom is 0.416 e. The molecule has 0 heterocycles. The van der Waals surface area contributed by atoms with Crippen LogP contribution >= 0.6 is 0 Å². The maximum atomic E-state index is 12.8. The second kappa shape index (κ2) is 12.3. The molecule has 0 bridgehead atoms. The molecule has 2 rings (SSSR count). The summed E-state index contributed by atoms with van der Waals surface area (Å²) in [6.45, 7) is 3.85. The fraction of sp³-hybridized carbons (Fsp3) is 0.682. The van der Waals surface area contributed by atoms with Crippen LogP contribution in [-0.4, -0.2) is 38.6 Å². The number of aliphatic hydroxyl groups is 3. The van der Waals surface area contributed by atoms with Crippen LogP contribution in [0.2, 0.25) is 0 Å². The van der Waals surface area contributed by atoms with Crippen LogP contribution in [0.5, 0.6) is 0 Å². The van der Waals surface area contributed by atoms with Crippen LogP contribution in [0.1, 0.15) is 76.0 Å². The van der Waals surface area contributed by atoms with Crippen molar-refractivity contribution in [2.45, 2.75) is 83.3 Å². The Bertz CT molecular complexity index is 650. The first kappa shape index (κ1) is 26.4. The number of aliphatic hydroxyl groups excluding tert-OH is 3. The zero-order valence-corrected chi connectivity index (χ0v) is 17.5. The van der Waals surface area contributed by atoms with E-state index in [1.807, 2.05) is 13.8 Å². The summed E-state index contributed by atoms with van der Waals surface area (Å²) >= 11 is 0. The van der Waals surface area contributed by atoms with Gasteiger partial charge in [-0.05, 0) is 61.6 Å². The highest BCUT2D eigenvalue weighted by Gasteiger charge is 2.40. The number of aliphatic carboxylic acids is 1. The van der Waals surface area contributed by atoms with Gasteiger partial charge in [-0.25, -0.2) is 0 Å². The first-order valence-corrected chi connectivity index (χ1v) is 10.4. The molecule has 1 aromatic carbocycles. The van der Waals surface area contributed by atoms with Crippen LogP contribution in [-0.2, 0) is 11.0 Å². The lowest BCUT2D eigenvalue weighted by Gasteiger charge is -2.24. The predicted octanol–water partition coefficient (Wildman–Crippen LogP) is 4.55. The number of alkyl halides is 3. The van der Waals surface area contributed by atoms with E-state index >= 15 is 0 Å². The number of hydrogen-bond donors (Lipinski definition) is 4. The molecule has 1 aromatic rings. The first-order valence-electron chi connectivity index (χ1n) is 10.4. The summed E-state index contributed by atoms with van der Waals surface area (Å²) < 4.78 is 38.3. The van der Waals surface area contributed by atoms with Crippen molar-refractivity contribution in [3.05, 3.63) is 35.4 Å². The minimum atomic E-state index is -4.44. The minimum absolute atomic E-state index is 0.0151. The third-order valence-corrected chi connectivity index (χ3v) is 5.48. The highest BCUT2D eigenvalue weighted by molar-refractivity contribution is 5.66. The molecule has 0 aliphatic heterocycles. The minimum Gasteiger partial charge on any atom is -0.481 e. The van der Waals surface area contributed by atoms with E-state index in [4.69, 9.17) is 5.11 Å². The Morgan fingerprint density at radius 3 is 2.17 bits per heavy atom. The summed E-state index contributed by atoms with van der Waals surface area (Å²) in [6, 6.07) is 4.71. The summed E-state index contributed by atoms with van der Waals surface area (Å²) in [5.74, 6) is -0.850. The number of benzene rings is 1. The number of carboxylic acids is 1. The van der Waals surface area contributed by atoms with Crippen LogP contribution in [0.4, 0.5) is 13.2 Å². The average Bonchev–Trinajstić information content (AvgIpc) is 2.93. The monoisotopic (exact) mass is 434 g/mol. The predicted molar refractivity (Wildman–Crippen MR) is 107 cm³/mol. The van der Waals surface area contributed by atoms with Crippen molar-refractivity contribution in [2.24, 2.45) is 11.8 Å². The van der Waals surface area contributed by atoms with Gasteiger partial charge in [-0.15, -0.1) is 0 Å². The maximum absolute atomic E-state index is 12.8. The van der Waals surface area contributed by atoms with Crippen molar-refractivity contribution in [2.75, 3.05) is 0 Å². The quantitative estimate of drug-likeness (QED) is 0.481. The molecular formula is C22H33F3O5. The number of carbonyl (C=O) groups is 1. The molecular weight excluding hydrogens is 401 g/mol. The second-order valence-electron chi connectivity index (χ2n) is 7.85. The van der Waals surface area contributed by atoms with E-state index in [-0.39, 0.29) is 23.8 Å². The molecule has 0 amide bonds. The molecule has 0 radical (unpaired) electrons. The Hall–Kier alpha value is -1.64. The van der Waals surface area contributed by atoms with E-state index in [0.717, 1.165) is 31.4 Å². The van der Waals surface area contributed by atoms with Gasteiger partial charge in [0.15, 0.2) is 0 Å². The smallest absolute Gasteiger partial charge is 0.416 e. The molecule has 1 fully saturated rings. The topological polar surface area (TPSA) is 98.0 Å². The van der Waals surface area contributed by atoms with Crippen LogP contribution in [0.15, 0.2) is 24.3 Å². The molecule has 1 aliphatic carbocycles. The number of halogens is 3. The molecule has 8 heteroatoms. The van der Waals surface area contributed by atoms with Gasteiger partial charge in [-0.2, -0.15) is 13.2 Å². The average molecular weight is 434 g/mol. The first-order chi connectivity index (χ1) is 14.0. The van der Waals surface area contributed by atoms with Crippen LogP contribution in [0.3, 0.4) is 0 Å². The van der Waals surface area contributed by atoms with E-state index < -0.39 is 36.0 Å². The molecule has 5 nitrogen and oxygen atoms in total. The lowest BCUT2D eigenvalue weighted by molar-refractivity contribution is -0.138. The zero-order valence-electron chi connectivity index (χ0n) is 17.5. The Kier molecular flexibility index (Phi) is 10.8. The lowest BCUT2D eigenvalue weighted by Crippen LogP contribution is -2.22. The van der Waals surface area contributed by atoms with Gasteiger partial charge >= 0.3 is 12.1 Å². The Morgan fingerprint density at radius 1 is 1.10 bits per heavy atom. The summed E-state index contributed by atoms with van der Waals surface area (Å²) in [7, 11) is 0. The second-order valence-corrected chi connectivity index (χ2v) is 7.85. The molecule has 1 saturated carbocycles. The van der Waals surface area contributed by atoms with Crippen molar-refractivity contribution < 1.29 is 38.4 Å². The van der Waals surface area contributed by atoms with Crippen molar-refractivity contribution in [1.82, 2.24) is 0 Å². The molecule has 4 N–H and O–H groups in total. The molecule has 1 aliphatic rings. The van der Waals surface area contributed by atoms with Gasteiger partial charge in [-0.3, -0.25) is 4.79 Å². The largest absolute Gasteiger partial charge is 0.481 e. The van der Waals surface area contributed by atoms with Gasteiger partial charge in [0.1, 0.15) is 0 Å². The van der Waals surface area contributed by atoms with E-state index in [1.165, 1.54) is 12.1 Å². The van der Waals surface area contributed by atoms with Crippen LogP contribution in [0, 0.1) is 11.8 Å². The molecule has 5 atom stereocenters. The summed E-state index contributed by atoms with van der Waals surface area (Å²) in [4.78, 5) is 9.60. The third-order valence-electron chi connectivity index (χ3n) is 5.48. The van der Waals surface area contributed by atoms with Gasteiger partial charge in [-0.1, -0.05) is 32.4 Å². The molecule has 1 unspecified atom stereocenters. The third kappa shape index (κ3) is 8.24. The van der Waals surface area contributed by atoms with Gasteiger partial charge < -0.3 is 20.4 Å². The number of carboxylic acid groups (broad SMARTS) is 1. The van der Waals surface area contributed by atoms with Gasteiger partial charge in [0.2, 0.25) is 0 Å². The van der Waals surface area contributed by atoms with E-state index in [2.05, 4.69) is 0 Å². The van der Waals surface area contributed by atoms with E-state index in [0.29, 0.717) is 19.3 Å². The van der Waals surface area contributed by atoms with Crippen LogP contribution in [0.25, 0.3) is 0 Å². The SMILES string of the molecule is CCCC(=O)O.CCC[C@@H]1[C@@H](CCC(O)c2cccc(C(F)(F)F)c2)[C@H](O)C[C@@H]1O. The van der Waals surface area contributed by atoms with Crippen molar-refractivity contribution in [1.29, 1.82) is 0 Å². The van der Waals surface area contributed by atoms with Gasteiger partial charge in [0, 0.05) is 6.42 Å². The molecule has 0 saturated heterocycles. The summed E-state index contributed by atoms with van der Waals surface area (Å²) in [6.07, 6.45) is -2.85. The summed E-state index contributed by atoms with van der Waals surface area (Å²) in [5, 5.41) is 38.3. The normalized spacial score (nSPS) is 24.8. The van der Waals surface area contributed by atoms with Crippen molar-refractivity contribution in [3.63, 3.8) is 0 Å². The fourth-order valence-electron chi connectivity index (χ4n) is 3.97. The summed E-state index contributed by atoms with van der Waals surface area (Å²) in [5.41, 5.74) is -0.552. The Labute approximate surface area is 175 Å². The van der Waals surface area contributed by atoms with Crippen molar-refractivity contribution in [3.8, 4) is 0 Å². The number of hydrogen-bond acceptors (Lipinski definition) is 4. The highest BCUT2D eigenvalue weighted by Crippen LogP contribution is 2.40. The van der Waals surface area contributed by atoms with Gasteiger partial charge in [0.25, 0.3) is 0 Å². The fourth-order valence-corrected chi connectivity index (χ4v) is 3.97. The lowest BCUT2D eigenvalue weighted by atomic mass is 9.85. The standard InChI is InChI=1S/C18H25F3O3.C4H8O2/c1-2-4-13-14(17(24)10-16(13)23)7-8-15(22)11-5-3-6-12(9-11)18(19,20)21;1-2-3-4(5)6/h3,5-6,9,13-17,22-24H,2,4,7-8,10H2,1H3;2-3H2,1H3,(H,5,6)/t13-,14-,15?,16+,17-;/m1./s1. The number of rotatable bonds is 8. The van der Waals surface area contributed by atoms with Crippen LogP contribution < -0.4 is 0 Å². The molecule has 0 spiro atoms. The van der Waals surface area contributed by atoms with Gasteiger partial charge in [0.05, 0.1) is 23.9 Å². The zero-order chi connectivity index (χ0) is 22.9. The molecule has 0 aromatic heterocycles. The highest BCUT2D eigenvalue weighted by atomic mass is 19.4. The Balaban J connectivity index is 0.000000656. The van der Waals surface area contributed by atoms with Crippen molar-refractivity contribution >= 4 is 5.97 Å². The molecule has 172 valence electrons.